The number of hydrogen-bond donors (Lipinski definition) is 3. The van der Waals surface area contributed by atoms with Crippen molar-refractivity contribution in [1.82, 2.24) is 0 Å². The highest BCUT2D eigenvalue weighted by Gasteiger charge is 2.11. The smallest absolute Gasteiger partial charge is 0.307 e. The number of hydrogen-bond acceptors (Lipinski definition) is 4. The van der Waals surface area contributed by atoms with E-state index in [1.54, 1.807) is 6.07 Å². The molecule has 0 spiro atoms. The van der Waals surface area contributed by atoms with Crippen LogP contribution in [0.2, 0.25) is 0 Å². The summed E-state index contributed by atoms with van der Waals surface area (Å²) in [4.78, 5) is 22.7. The van der Waals surface area contributed by atoms with E-state index in [9.17, 15) is 14.7 Å². The van der Waals surface area contributed by atoms with Gasteiger partial charge in [-0.3, -0.25) is 9.59 Å². The Kier molecular flexibility index (Phi) is 5.42. The van der Waals surface area contributed by atoms with E-state index in [1.165, 1.54) is 18.2 Å². The van der Waals surface area contributed by atoms with Crippen molar-refractivity contribution in [3.8, 4) is 11.5 Å². The summed E-state index contributed by atoms with van der Waals surface area (Å²) >= 11 is 0. The van der Waals surface area contributed by atoms with Crippen LogP contribution in [0, 0.1) is 13.8 Å². The molecule has 0 aromatic heterocycles. The lowest BCUT2D eigenvalue weighted by atomic mass is 10.1. The van der Waals surface area contributed by atoms with Crippen LogP contribution in [-0.2, 0) is 16.0 Å². The van der Waals surface area contributed by atoms with E-state index in [1.807, 2.05) is 26.0 Å². The maximum Gasteiger partial charge on any atom is 0.307 e. The van der Waals surface area contributed by atoms with Crippen LogP contribution in [0.25, 0.3) is 0 Å². The number of aryl methyl sites for hydroxylation is 1. The van der Waals surface area contributed by atoms with Crippen LogP contribution < -0.4 is 10.1 Å². The van der Waals surface area contributed by atoms with Gasteiger partial charge in [0, 0.05) is 0 Å². The van der Waals surface area contributed by atoms with E-state index in [4.69, 9.17) is 9.84 Å². The number of anilines is 1. The van der Waals surface area contributed by atoms with E-state index < -0.39 is 11.9 Å². The van der Waals surface area contributed by atoms with E-state index in [0.717, 1.165) is 11.1 Å². The molecule has 2 rings (SSSR count). The molecule has 6 heteroatoms. The fraction of sp³-hybridized carbons (Fsp3) is 0.222. The molecule has 0 aliphatic rings. The van der Waals surface area contributed by atoms with Crippen molar-refractivity contribution in [2.24, 2.45) is 0 Å². The molecule has 0 unspecified atom stereocenters. The molecular formula is C18H19NO5. The van der Waals surface area contributed by atoms with Gasteiger partial charge in [-0.05, 0) is 48.7 Å². The average molecular weight is 329 g/mol. The third-order valence-electron chi connectivity index (χ3n) is 3.60. The summed E-state index contributed by atoms with van der Waals surface area (Å²) < 4.78 is 5.50. The number of nitrogens with one attached hydrogen (secondary N) is 1. The first-order valence-corrected chi connectivity index (χ1v) is 7.39. The monoisotopic (exact) mass is 329 g/mol. The Morgan fingerprint density at radius 3 is 2.62 bits per heavy atom. The van der Waals surface area contributed by atoms with Crippen molar-refractivity contribution >= 4 is 17.6 Å². The second kappa shape index (κ2) is 7.50. The Labute approximate surface area is 139 Å². The molecule has 6 nitrogen and oxygen atoms in total. The topological polar surface area (TPSA) is 95.9 Å². The summed E-state index contributed by atoms with van der Waals surface area (Å²) in [6, 6.07) is 9.84. The third kappa shape index (κ3) is 4.49. The van der Waals surface area contributed by atoms with Gasteiger partial charge in [0.05, 0.1) is 12.1 Å². The van der Waals surface area contributed by atoms with Crippen molar-refractivity contribution in [3.63, 3.8) is 0 Å². The number of carboxylic acids is 1. The maximum absolute atomic E-state index is 12.0. The summed E-state index contributed by atoms with van der Waals surface area (Å²) in [5.74, 6) is -0.951. The first-order valence-electron chi connectivity index (χ1n) is 7.39. The number of amides is 1. The fourth-order valence-electron chi connectivity index (χ4n) is 2.18. The number of ether oxygens (including phenoxy) is 1. The van der Waals surface area contributed by atoms with Crippen LogP contribution >= 0.6 is 0 Å². The first-order chi connectivity index (χ1) is 11.4. The van der Waals surface area contributed by atoms with Crippen molar-refractivity contribution in [2.75, 3.05) is 11.9 Å². The van der Waals surface area contributed by atoms with Gasteiger partial charge in [-0.1, -0.05) is 18.2 Å². The summed E-state index contributed by atoms with van der Waals surface area (Å²) in [6.45, 7) is 3.64. The van der Waals surface area contributed by atoms with Crippen LogP contribution in [0.4, 0.5) is 5.69 Å². The minimum absolute atomic E-state index is 0.135. The number of carbonyl (C=O) groups excluding carboxylic acids is 1. The SMILES string of the molecule is Cc1cccc(OCC(=O)Nc2cc(CC(=O)O)ccc2O)c1C. The van der Waals surface area contributed by atoms with Gasteiger partial charge in [0.1, 0.15) is 11.5 Å². The predicted molar refractivity (Wildman–Crippen MR) is 89.5 cm³/mol. The fourth-order valence-corrected chi connectivity index (χ4v) is 2.18. The number of aromatic hydroxyl groups is 1. The molecule has 0 saturated heterocycles. The highest BCUT2D eigenvalue weighted by atomic mass is 16.5. The van der Waals surface area contributed by atoms with Gasteiger partial charge in [0.2, 0.25) is 0 Å². The summed E-state index contributed by atoms with van der Waals surface area (Å²) in [7, 11) is 0. The number of rotatable bonds is 6. The van der Waals surface area contributed by atoms with Crippen molar-refractivity contribution in [3.05, 3.63) is 53.1 Å². The largest absolute Gasteiger partial charge is 0.506 e. The van der Waals surface area contributed by atoms with Crippen LogP contribution in [0.3, 0.4) is 0 Å². The van der Waals surface area contributed by atoms with Crippen molar-refractivity contribution in [2.45, 2.75) is 20.3 Å². The molecule has 0 atom stereocenters. The summed E-state index contributed by atoms with van der Waals surface area (Å²) in [5, 5.41) is 21.1. The van der Waals surface area contributed by atoms with Crippen LogP contribution in [0.15, 0.2) is 36.4 Å². The van der Waals surface area contributed by atoms with E-state index in [2.05, 4.69) is 5.32 Å². The van der Waals surface area contributed by atoms with Gasteiger partial charge in [0.25, 0.3) is 5.91 Å². The number of carbonyl (C=O) groups is 2. The highest BCUT2D eigenvalue weighted by molar-refractivity contribution is 5.93. The van der Waals surface area contributed by atoms with Gasteiger partial charge in [-0.2, -0.15) is 0 Å². The molecule has 0 radical (unpaired) electrons. The number of carboxylic acid groups (broad SMARTS) is 1. The van der Waals surface area contributed by atoms with E-state index >= 15 is 0 Å². The Hall–Kier alpha value is -3.02. The molecule has 0 aliphatic heterocycles. The van der Waals surface area contributed by atoms with Crippen molar-refractivity contribution < 1.29 is 24.5 Å². The molecule has 3 N–H and O–H groups in total. The van der Waals surface area contributed by atoms with Crippen LogP contribution in [0.1, 0.15) is 16.7 Å². The summed E-state index contributed by atoms with van der Waals surface area (Å²) in [6.07, 6.45) is -0.192. The van der Waals surface area contributed by atoms with Gasteiger partial charge in [0.15, 0.2) is 6.61 Å². The molecule has 1 amide bonds. The number of aliphatic carboxylic acids is 1. The van der Waals surface area contributed by atoms with Crippen LogP contribution in [-0.4, -0.2) is 28.7 Å². The minimum atomic E-state index is -0.990. The lowest BCUT2D eigenvalue weighted by Crippen LogP contribution is -2.20. The maximum atomic E-state index is 12.0. The quantitative estimate of drug-likeness (QED) is 0.708. The average Bonchev–Trinajstić information content (AvgIpc) is 2.51. The molecule has 0 aliphatic carbocycles. The molecule has 0 heterocycles. The third-order valence-corrected chi connectivity index (χ3v) is 3.60. The second-order valence-electron chi connectivity index (χ2n) is 5.46. The molecule has 2 aromatic rings. The molecule has 126 valence electrons. The molecule has 0 bridgehead atoms. The Balaban J connectivity index is 2.01. The first kappa shape index (κ1) is 17.3. The number of benzene rings is 2. The molecule has 2 aromatic carbocycles. The zero-order valence-electron chi connectivity index (χ0n) is 13.5. The zero-order chi connectivity index (χ0) is 17.7. The zero-order valence-corrected chi connectivity index (χ0v) is 13.5. The summed E-state index contributed by atoms with van der Waals surface area (Å²) in [5.41, 5.74) is 2.65. The molecule has 24 heavy (non-hydrogen) atoms. The van der Waals surface area contributed by atoms with E-state index in [0.29, 0.717) is 11.3 Å². The van der Waals surface area contributed by atoms with Gasteiger partial charge in [-0.15, -0.1) is 0 Å². The normalized spacial score (nSPS) is 10.2. The molecule has 0 saturated carbocycles. The second-order valence-corrected chi connectivity index (χ2v) is 5.46. The highest BCUT2D eigenvalue weighted by Crippen LogP contribution is 2.25. The lowest BCUT2D eigenvalue weighted by Gasteiger charge is -2.12. The van der Waals surface area contributed by atoms with Crippen LogP contribution in [0.5, 0.6) is 11.5 Å². The molecular weight excluding hydrogens is 310 g/mol. The van der Waals surface area contributed by atoms with Crippen molar-refractivity contribution in [1.29, 1.82) is 0 Å². The Morgan fingerprint density at radius 2 is 1.92 bits per heavy atom. The molecule has 0 fully saturated rings. The van der Waals surface area contributed by atoms with Gasteiger partial charge >= 0.3 is 5.97 Å². The number of phenolic OH excluding ortho intramolecular Hbond substituents is 1. The Morgan fingerprint density at radius 1 is 1.17 bits per heavy atom. The lowest BCUT2D eigenvalue weighted by molar-refractivity contribution is -0.136. The number of phenols is 1. The predicted octanol–water partition coefficient (Wildman–Crippen LogP) is 2.65. The standard InChI is InChI=1S/C18H19NO5/c1-11-4-3-5-16(12(11)2)24-10-17(21)19-14-8-13(9-18(22)23)6-7-15(14)20/h3-8,20H,9-10H2,1-2H3,(H,19,21)(H,22,23). The van der Waals surface area contributed by atoms with Gasteiger partial charge in [-0.25, -0.2) is 0 Å². The minimum Gasteiger partial charge on any atom is -0.506 e. The Bertz CT molecular complexity index is 770. The van der Waals surface area contributed by atoms with Gasteiger partial charge < -0.3 is 20.3 Å². The van der Waals surface area contributed by atoms with E-state index in [-0.39, 0.29) is 24.5 Å².